The van der Waals surface area contributed by atoms with E-state index in [-0.39, 0.29) is 11.3 Å². The van der Waals surface area contributed by atoms with Crippen LogP contribution in [0.15, 0.2) is 18.5 Å². The number of pyridine rings is 1. The quantitative estimate of drug-likeness (QED) is 0.794. The number of rotatable bonds is 6. The Kier molecular flexibility index (Phi) is 5.03. The molecule has 0 bridgehead atoms. The van der Waals surface area contributed by atoms with E-state index in [0.29, 0.717) is 0 Å². The number of nitrogens with one attached hydrogen (secondary N) is 1. The van der Waals surface area contributed by atoms with E-state index in [1.54, 1.807) is 0 Å². The van der Waals surface area contributed by atoms with Crippen molar-refractivity contribution in [2.45, 2.75) is 24.9 Å². The van der Waals surface area contributed by atoms with Crippen LogP contribution in [0.1, 0.15) is 24.2 Å². The van der Waals surface area contributed by atoms with Crippen molar-refractivity contribution in [1.82, 2.24) is 9.71 Å². The van der Waals surface area contributed by atoms with Crippen molar-refractivity contribution >= 4 is 15.9 Å². The van der Waals surface area contributed by atoms with Crippen LogP contribution in [0.3, 0.4) is 0 Å². The van der Waals surface area contributed by atoms with Gasteiger partial charge in [-0.3, -0.25) is 9.78 Å². The van der Waals surface area contributed by atoms with Gasteiger partial charge in [0.2, 0.25) is 5.91 Å². The Morgan fingerprint density at radius 3 is 2.45 bits per heavy atom. The predicted molar refractivity (Wildman–Crippen MR) is 70.4 cm³/mol. The van der Waals surface area contributed by atoms with Crippen LogP contribution in [0, 0.1) is 0 Å². The molecule has 22 heavy (non-hydrogen) atoms. The first-order valence-corrected chi connectivity index (χ1v) is 7.30. The number of amides is 1. The molecule has 0 saturated heterocycles. The van der Waals surface area contributed by atoms with Crippen LogP contribution in [-0.2, 0) is 10.0 Å². The van der Waals surface area contributed by atoms with Gasteiger partial charge < -0.3 is 10.5 Å². The highest BCUT2D eigenvalue weighted by Crippen LogP contribution is 2.24. The lowest BCUT2D eigenvalue weighted by Crippen LogP contribution is -2.51. The van der Waals surface area contributed by atoms with E-state index in [2.05, 4.69) is 4.98 Å². The zero-order valence-electron chi connectivity index (χ0n) is 11.6. The smallest absolute Gasteiger partial charge is 0.490 e. The molecule has 0 aliphatic rings. The van der Waals surface area contributed by atoms with Gasteiger partial charge in [0.05, 0.1) is 17.3 Å². The fourth-order valence-corrected chi connectivity index (χ4v) is 2.25. The molecule has 0 fully saturated rings. The second-order valence-electron chi connectivity index (χ2n) is 5.00. The number of halogens is 3. The van der Waals surface area contributed by atoms with Gasteiger partial charge in [-0.1, -0.05) is 0 Å². The average Bonchev–Trinajstić information content (AvgIpc) is 2.34. The first-order chi connectivity index (χ1) is 9.84. The highest BCUT2D eigenvalue weighted by atomic mass is 32.2. The number of hydrogen-bond donors (Lipinski definition) is 2. The lowest BCUT2D eigenvalue weighted by Gasteiger charge is -2.26. The molecule has 0 unspecified atom stereocenters. The van der Waals surface area contributed by atoms with Crippen molar-refractivity contribution in [3.63, 3.8) is 0 Å². The largest absolute Gasteiger partial charge is 0.511 e. The van der Waals surface area contributed by atoms with Gasteiger partial charge in [0.15, 0.2) is 0 Å². The van der Waals surface area contributed by atoms with Crippen molar-refractivity contribution in [1.29, 1.82) is 0 Å². The molecule has 0 saturated carbocycles. The minimum absolute atomic E-state index is 0.0474. The third kappa shape index (κ3) is 4.84. The fourth-order valence-electron chi connectivity index (χ4n) is 1.35. The Morgan fingerprint density at radius 2 is 1.95 bits per heavy atom. The lowest BCUT2D eigenvalue weighted by molar-refractivity contribution is -0.0457. The first-order valence-electron chi connectivity index (χ1n) is 5.82. The third-order valence-electron chi connectivity index (χ3n) is 2.31. The molecule has 1 amide bonds. The van der Waals surface area contributed by atoms with Crippen molar-refractivity contribution in [3.05, 3.63) is 24.0 Å². The van der Waals surface area contributed by atoms with Gasteiger partial charge in [-0.15, -0.1) is 0 Å². The summed E-state index contributed by atoms with van der Waals surface area (Å²) in [6, 6.07) is 1.24. The summed E-state index contributed by atoms with van der Waals surface area (Å²) < 4.78 is 65.7. The van der Waals surface area contributed by atoms with E-state index < -0.39 is 33.6 Å². The number of nitrogens with zero attached hydrogens (tertiary/aromatic N) is 1. The monoisotopic (exact) mass is 341 g/mol. The van der Waals surface area contributed by atoms with Crippen molar-refractivity contribution in [2.24, 2.45) is 5.73 Å². The summed E-state index contributed by atoms with van der Waals surface area (Å²) in [6.07, 6.45) is 2.40. The highest BCUT2D eigenvalue weighted by Gasteiger charge is 2.48. The molecule has 0 atom stereocenters. The van der Waals surface area contributed by atoms with Crippen LogP contribution in [-0.4, -0.2) is 37.0 Å². The van der Waals surface area contributed by atoms with Crippen LogP contribution < -0.4 is 15.2 Å². The van der Waals surface area contributed by atoms with Gasteiger partial charge in [0.25, 0.3) is 0 Å². The minimum atomic E-state index is -5.50. The van der Waals surface area contributed by atoms with E-state index in [4.69, 9.17) is 10.5 Å². The SMILES string of the molecule is CC(C)(COc1cncc(C(N)=O)c1)NS(=O)(=O)C(F)(F)F. The molecule has 0 spiro atoms. The Hall–Kier alpha value is -1.88. The summed E-state index contributed by atoms with van der Waals surface area (Å²) >= 11 is 0. The summed E-state index contributed by atoms with van der Waals surface area (Å²) in [5, 5.41) is 0. The summed E-state index contributed by atoms with van der Waals surface area (Å²) in [6.45, 7) is 2.00. The Morgan fingerprint density at radius 1 is 1.36 bits per heavy atom. The third-order valence-corrected chi connectivity index (χ3v) is 3.74. The molecule has 124 valence electrons. The normalized spacial score (nSPS) is 13.0. The minimum Gasteiger partial charge on any atom is -0.490 e. The van der Waals surface area contributed by atoms with E-state index >= 15 is 0 Å². The molecule has 0 aliphatic carbocycles. The first kappa shape index (κ1) is 18.2. The summed E-state index contributed by atoms with van der Waals surface area (Å²) in [4.78, 5) is 14.6. The molecule has 1 rings (SSSR count). The van der Waals surface area contributed by atoms with E-state index in [1.165, 1.54) is 37.0 Å². The molecule has 1 heterocycles. The zero-order valence-corrected chi connectivity index (χ0v) is 12.5. The van der Waals surface area contributed by atoms with Gasteiger partial charge in [-0.25, -0.2) is 8.42 Å². The Balaban J connectivity index is 2.78. The van der Waals surface area contributed by atoms with Crippen LogP contribution in [0.2, 0.25) is 0 Å². The molecule has 0 radical (unpaired) electrons. The molecule has 0 aliphatic heterocycles. The summed E-state index contributed by atoms with van der Waals surface area (Å²) in [7, 11) is -5.50. The van der Waals surface area contributed by atoms with Crippen LogP contribution in [0.4, 0.5) is 13.2 Å². The van der Waals surface area contributed by atoms with Crippen LogP contribution in [0.25, 0.3) is 0 Å². The summed E-state index contributed by atoms with van der Waals surface area (Å²) in [5.41, 5.74) is -1.87. The number of carbonyl (C=O) groups is 1. The number of nitrogens with two attached hydrogens (primary N) is 1. The van der Waals surface area contributed by atoms with Gasteiger partial charge >= 0.3 is 15.5 Å². The Bertz CT molecular complexity index is 659. The van der Waals surface area contributed by atoms with Gasteiger partial charge in [0.1, 0.15) is 12.4 Å². The summed E-state index contributed by atoms with van der Waals surface area (Å²) in [5.74, 6) is -0.689. The van der Waals surface area contributed by atoms with E-state index in [1.807, 2.05) is 0 Å². The molecular formula is C11H14F3N3O4S. The predicted octanol–water partition coefficient (Wildman–Crippen LogP) is 0.777. The van der Waals surface area contributed by atoms with Gasteiger partial charge in [-0.05, 0) is 19.9 Å². The number of alkyl halides is 3. The van der Waals surface area contributed by atoms with Gasteiger partial charge in [0, 0.05) is 6.20 Å². The fraction of sp³-hybridized carbons (Fsp3) is 0.455. The molecule has 1 aromatic heterocycles. The maximum absolute atomic E-state index is 12.3. The number of ether oxygens (including phenoxy) is 1. The van der Waals surface area contributed by atoms with Crippen LogP contribution >= 0.6 is 0 Å². The highest BCUT2D eigenvalue weighted by molar-refractivity contribution is 7.90. The van der Waals surface area contributed by atoms with Crippen LogP contribution in [0.5, 0.6) is 5.75 Å². The zero-order chi connectivity index (χ0) is 17.2. The molecule has 1 aromatic rings. The molecule has 3 N–H and O–H groups in total. The molecular weight excluding hydrogens is 327 g/mol. The number of primary amides is 1. The number of hydrogen-bond acceptors (Lipinski definition) is 5. The number of sulfonamides is 1. The maximum atomic E-state index is 12.3. The molecule has 0 aromatic carbocycles. The second kappa shape index (κ2) is 6.08. The Labute approximate surface area is 124 Å². The lowest BCUT2D eigenvalue weighted by atomic mass is 10.1. The number of aromatic nitrogens is 1. The maximum Gasteiger partial charge on any atom is 0.511 e. The standard InChI is InChI=1S/C11H14F3N3O4S/c1-10(2,17-22(19,20)11(12,13)14)6-21-8-3-7(9(15)18)4-16-5-8/h3-5,17H,6H2,1-2H3,(H2,15,18). The topological polar surface area (TPSA) is 111 Å². The van der Waals surface area contributed by atoms with Crippen molar-refractivity contribution in [2.75, 3.05) is 6.61 Å². The van der Waals surface area contributed by atoms with Gasteiger partial charge in [-0.2, -0.15) is 17.9 Å². The van der Waals surface area contributed by atoms with E-state index in [9.17, 15) is 26.4 Å². The molecule has 7 nitrogen and oxygen atoms in total. The second-order valence-corrected chi connectivity index (χ2v) is 6.67. The number of carbonyl (C=O) groups excluding carboxylic acids is 1. The van der Waals surface area contributed by atoms with Crippen molar-refractivity contribution < 1.29 is 31.1 Å². The van der Waals surface area contributed by atoms with Crippen molar-refractivity contribution in [3.8, 4) is 5.75 Å². The molecule has 11 heteroatoms. The average molecular weight is 341 g/mol. The van der Waals surface area contributed by atoms with E-state index in [0.717, 1.165) is 0 Å².